The summed E-state index contributed by atoms with van der Waals surface area (Å²) in [6.45, 7) is 4.00. The van der Waals surface area contributed by atoms with Crippen molar-refractivity contribution in [1.29, 1.82) is 0 Å². The Morgan fingerprint density at radius 1 is 0.727 bits per heavy atom. The molecule has 0 unspecified atom stereocenters. The van der Waals surface area contributed by atoms with Crippen LogP contribution in [0.4, 0.5) is 0 Å². The van der Waals surface area contributed by atoms with Gasteiger partial charge in [0.2, 0.25) is 0 Å². The van der Waals surface area contributed by atoms with Gasteiger partial charge >= 0.3 is 0 Å². The average molecular weight is 651 g/mol. The Hall–Kier alpha value is -3.80. The summed E-state index contributed by atoms with van der Waals surface area (Å²) in [7, 11) is -4.45. The molecule has 0 aliphatic carbocycles. The second-order valence-corrected chi connectivity index (χ2v) is 13.4. The number of methoxy groups -OCH3 is 2. The second kappa shape index (κ2) is 15.3. The Bertz CT molecular complexity index is 1630. The number of aromatic nitrogens is 4. The van der Waals surface area contributed by atoms with E-state index in [4.69, 9.17) is 19.7 Å². The van der Waals surface area contributed by atoms with Gasteiger partial charge in [-0.2, -0.15) is 14.5 Å². The number of aliphatic hydroxyl groups excluding tert-OH is 2. The van der Waals surface area contributed by atoms with E-state index in [2.05, 4.69) is 10.2 Å². The molecule has 0 bridgehead atoms. The third-order valence-corrected chi connectivity index (χ3v) is 8.55. The van der Waals surface area contributed by atoms with E-state index in [0.717, 1.165) is 11.1 Å². The number of aliphatic hydroxyl groups is 2. The molecule has 0 aliphatic heterocycles. The van der Waals surface area contributed by atoms with Crippen molar-refractivity contribution in [2.75, 3.05) is 14.2 Å². The maximum atomic E-state index is 13.4. The van der Waals surface area contributed by atoms with Crippen molar-refractivity contribution in [2.45, 2.75) is 62.3 Å². The van der Waals surface area contributed by atoms with Gasteiger partial charge in [-0.1, -0.05) is 24.3 Å². The lowest BCUT2D eigenvalue weighted by Crippen LogP contribution is -2.30. The van der Waals surface area contributed by atoms with E-state index >= 15 is 0 Å². The molecule has 0 fully saturated rings. The van der Waals surface area contributed by atoms with E-state index in [0.29, 0.717) is 11.5 Å². The van der Waals surface area contributed by atoms with Crippen molar-refractivity contribution in [2.24, 2.45) is 5.14 Å². The van der Waals surface area contributed by atoms with Crippen LogP contribution in [0.1, 0.15) is 25.0 Å². The number of nitrogens with two attached hydrogens (primary N) is 1. The summed E-state index contributed by atoms with van der Waals surface area (Å²) in [6.07, 6.45) is 1.80. The first-order valence-corrected chi connectivity index (χ1v) is 16.4. The first kappa shape index (κ1) is 34.7. The summed E-state index contributed by atoms with van der Waals surface area (Å²) in [5.41, 5.74) is 1.64. The lowest BCUT2D eigenvalue weighted by Gasteiger charge is -2.21. The standard InChI is InChI=1S/C22H27N3O5S.C6H11N3O3S/c1-17(26)14-24-13-12-22(23-24)31(27,28)25(15-18-4-8-20(29-2)9-5-18)16-19-6-10-21(30-3)11-7-19;1-5(10)4-9-3-2-6(8-9)13(7,11)12/h4-13,17,26H,14-16H2,1-3H3;2-3,5,10H,4H2,1H3,(H2,7,11,12)/t17-;5-/m11/s1. The molecular weight excluding hydrogens is 612 g/mol. The molecule has 0 saturated carbocycles. The van der Waals surface area contributed by atoms with Crippen LogP contribution in [0.3, 0.4) is 0 Å². The van der Waals surface area contributed by atoms with Gasteiger partial charge in [0, 0.05) is 25.5 Å². The topological polar surface area (TPSA) is 192 Å². The molecule has 4 aromatic rings. The summed E-state index contributed by atoms with van der Waals surface area (Å²) in [6, 6.07) is 17.3. The van der Waals surface area contributed by atoms with Gasteiger partial charge in [-0.25, -0.2) is 22.0 Å². The minimum absolute atomic E-state index is 0.0600. The summed E-state index contributed by atoms with van der Waals surface area (Å²) in [5, 5.41) is 31.0. The molecule has 4 rings (SSSR count). The molecule has 240 valence electrons. The number of sulfonamides is 2. The van der Waals surface area contributed by atoms with E-state index in [1.807, 2.05) is 24.3 Å². The molecule has 44 heavy (non-hydrogen) atoms. The zero-order chi connectivity index (χ0) is 32.5. The van der Waals surface area contributed by atoms with Crippen LogP contribution < -0.4 is 14.6 Å². The molecule has 16 heteroatoms. The number of hydrogen-bond donors (Lipinski definition) is 3. The number of nitrogens with zero attached hydrogens (tertiary/aromatic N) is 5. The van der Waals surface area contributed by atoms with Crippen LogP contribution in [-0.2, 0) is 46.2 Å². The molecular formula is C28H38N6O8S2. The summed E-state index contributed by atoms with van der Waals surface area (Å²) >= 11 is 0. The molecule has 14 nitrogen and oxygen atoms in total. The van der Waals surface area contributed by atoms with Crippen molar-refractivity contribution in [3.05, 3.63) is 84.2 Å². The van der Waals surface area contributed by atoms with Crippen LogP contribution in [0, 0.1) is 0 Å². The first-order chi connectivity index (χ1) is 20.7. The summed E-state index contributed by atoms with van der Waals surface area (Å²) < 4.78 is 62.9. The highest BCUT2D eigenvalue weighted by molar-refractivity contribution is 7.89. The minimum atomic E-state index is -3.89. The number of rotatable bonds is 13. The summed E-state index contributed by atoms with van der Waals surface area (Å²) in [4.78, 5) is 0. The molecule has 0 spiro atoms. The fourth-order valence-corrected chi connectivity index (χ4v) is 5.76. The zero-order valence-electron chi connectivity index (χ0n) is 24.9. The predicted molar refractivity (Wildman–Crippen MR) is 162 cm³/mol. The van der Waals surface area contributed by atoms with Gasteiger partial charge in [0.05, 0.1) is 39.5 Å². The van der Waals surface area contributed by atoms with Crippen molar-refractivity contribution in [3.8, 4) is 11.5 Å². The van der Waals surface area contributed by atoms with Crippen LogP contribution in [0.2, 0.25) is 0 Å². The van der Waals surface area contributed by atoms with Crippen LogP contribution in [0.15, 0.2) is 83.1 Å². The average Bonchev–Trinajstić information content (AvgIpc) is 3.63. The second-order valence-electron chi connectivity index (χ2n) is 9.96. The van der Waals surface area contributed by atoms with Gasteiger partial charge in [-0.15, -0.1) is 0 Å². The maximum absolute atomic E-state index is 13.4. The highest BCUT2D eigenvalue weighted by Gasteiger charge is 2.28. The normalized spacial score (nSPS) is 13.2. The summed E-state index contributed by atoms with van der Waals surface area (Å²) in [5.74, 6) is 1.40. The van der Waals surface area contributed by atoms with Gasteiger partial charge in [0.1, 0.15) is 11.5 Å². The maximum Gasteiger partial charge on any atom is 0.262 e. The first-order valence-electron chi connectivity index (χ1n) is 13.4. The lowest BCUT2D eigenvalue weighted by molar-refractivity contribution is 0.167. The molecule has 2 aromatic carbocycles. The molecule has 4 N–H and O–H groups in total. The van der Waals surface area contributed by atoms with Gasteiger partial charge < -0.3 is 19.7 Å². The predicted octanol–water partition coefficient (Wildman–Crippen LogP) is 1.58. The molecule has 0 aliphatic rings. The Kier molecular flexibility index (Phi) is 12.0. The van der Waals surface area contributed by atoms with Crippen LogP contribution in [0.25, 0.3) is 0 Å². The van der Waals surface area contributed by atoms with Crippen LogP contribution >= 0.6 is 0 Å². The number of ether oxygens (including phenoxy) is 2. The van der Waals surface area contributed by atoms with E-state index in [1.165, 1.54) is 32.0 Å². The highest BCUT2D eigenvalue weighted by atomic mass is 32.2. The third-order valence-electron chi connectivity index (χ3n) is 6.07. The number of primary sulfonamides is 1. The Morgan fingerprint density at radius 2 is 1.11 bits per heavy atom. The number of hydrogen-bond acceptors (Lipinski definition) is 10. The molecule has 2 atom stereocenters. The molecule has 0 radical (unpaired) electrons. The van der Waals surface area contributed by atoms with E-state index in [-0.39, 0.29) is 36.2 Å². The SMILES string of the molecule is COc1ccc(CN(Cc2ccc(OC)cc2)S(=O)(=O)c2ccn(C[C@@H](C)O)n2)cc1.C[C@@H](O)Cn1ccc(S(N)(=O)=O)n1. The molecule has 0 saturated heterocycles. The molecule has 0 amide bonds. The van der Waals surface area contributed by atoms with Crippen molar-refractivity contribution < 1.29 is 36.5 Å². The van der Waals surface area contributed by atoms with Crippen LogP contribution in [0.5, 0.6) is 11.5 Å². The molecule has 2 aromatic heterocycles. The fraction of sp³-hybridized carbons (Fsp3) is 0.357. The fourth-order valence-electron chi connectivity index (χ4n) is 3.95. The Labute approximate surface area is 257 Å². The van der Waals surface area contributed by atoms with Gasteiger partial charge in [-0.05, 0) is 61.4 Å². The van der Waals surface area contributed by atoms with E-state index in [1.54, 1.807) is 58.5 Å². The largest absolute Gasteiger partial charge is 0.497 e. The van der Waals surface area contributed by atoms with Crippen molar-refractivity contribution in [1.82, 2.24) is 23.9 Å². The van der Waals surface area contributed by atoms with Gasteiger partial charge in [-0.3, -0.25) is 9.36 Å². The van der Waals surface area contributed by atoms with E-state index < -0.39 is 32.3 Å². The third kappa shape index (κ3) is 10.1. The molecule has 2 heterocycles. The highest BCUT2D eigenvalue weighted by Crippen LogP contribution is 2.22. The van der Waals surface area contributed by atoms with Gasteiger partial charge in [0.15, 0.2) is 10.1 Å². The van der Waals surface area contributed by atoms with Crippen molar-refractivity contribution in [3.63, 3.8) is 0 Å². The Balaban J connectivity index is 0.000000340. The van der Waals surface area contributed by atoms with Crippen molar-refractivity contribution >= 4 is 20.0 Å². The zero-order valence-corrected chi connectivity index (χ0v) is 26.5. The van der Waals surface area contributed by atoms with Gasteiger partial charge in [0.25, 0.3) is 20.0 Å². The quantitative estimate of drug-likeness (QED) is 0.191. The lowest BCUT2D eigenvalue weighted by atomic mass is 10.2. The van der Waals surface area contributed by atoms with Crippen LogP contribution in [-0.4, -0.2) is 77.3 Å². The Morgan fingerprint density at radius 3 is 1.45 bits per heavy atom. The smallest absolute Gasteiger partial charge is 0.262 e. The number of benzene rings is 2. The van der Waals surface area contributed by atoms with E-state index in [9.17, 15) is 21.9 Å². The minimum Gasteiger partial charge on any atom is -0.497 e. The monoisotopic (exact) mass is 650 g/mol.